The Hall–Kier alpha value is -2.79. The quantitative estimate of drug-likeness (QED) is 0.832. The Balaban J connectivity index is 2.65. The lowest BCUT2D eigenvalue weighted by Gasteiger charge is -2.15. The van der Waals surface area contributed by atoms with Crippen LogP contribution in [0.15, 0.2) is 18.2 Å². The van der Waals surface area contributed by atoms with E-state index >= 15 is 0 Å². The van der Waals surface area contributed by atoms with Crippen molar-refractivity contribution in [2.24, 2.45) is 0 Å². The van der Waals surface area contributed by atoms with Crippen molar-refractivity contribution in [2.75, 3.05) is 12.9 Å². The molecule has 0 atom stereocenters. The van der Waals surface area contributed by atoms with Gasteiger partial charge in [-0.1, -0.05) is 18.2 Å². The van der Waals surface area contributed by atoms with E-state index in [0.29, 0.717) is 10.9 Å². The third-order valence-corrected chi connectivity index (χ3v) is 4.81. The van der Waals surface area contributed by atoms with Crippen LogP contribution in [0.25, 0.3) is 10.8 Å². The van der Waals surface area contributed by atoms with Gasteiger partial charge in [0.05, 0.1) is 12.9 Å². The molecule has 0 amide bonds. The number of fused-ring (bicyclic) bond motifs is 4. The molecule has 118 valence electrons. The summed E-state index contributed by atoms with van der Waals surface area (Å²) in [5, 5.41) is 19.6. The molecule has 0 aliphatic carbocycles. The average Bonchev–Trinajstić information content (AvgIpc) is 2.55. The Morgan fingerprint density at radius 2 is 2.17 bits per heavy atom. The number of aryl methyl sites for hydroxylation is 1. The van der Waals surface area contributed by atoms with Crippen molar-refractivity contribution in [3.05, 3.63) is 34.9 Å². The van der Waals surface area contributed by atoms with Gasteiger partial charge in [-0.25, -0.2) is 4.79 Å². The van der Waals surface area contributed by atoms with Crippen molar-refractivity contribution in [3.63, 3.8) is 0 Å². The molecule has 0 unspecified atom stereocenters. The fourth-order valence-electron chi connectivity index (χ4n) is 2.77. The van der Waals surface area contributed by atoms with Crippen molar-refractivity contribution in [3.8, 4) is 17.6 Å². The van der Waals surface area contributed by atoms with Crippen LogP contribution in [0, 0.1) is 11.3 Å². The predicted molar refractivity (Wildman–Crippen MR) is 80.3 cm³/mol. The molecule has 2 aliphatic heterocycles. The minimum Gasteiger partial charge on any atom is -0.495 e. The Morgan fingerprint density at radius 1 is 1.43 bits per heavy atom. The van der Waals surface area contributed by atoms with E-state index in [0.717, 1.165) is 0 Å². The zero-order chi connectivity index (χ0) is 16.8. The van der Waals surface area contributed by atoms with Crippen molar-refractivity contribution < 1.29 is 27.2 Å². The lowest BCUT2D eigenvalue weighted by Crippen LogP contribution is -2.17. The van der Waals surface area contributed by atoms with Gasteiger partial charge in [-0.2, -0.15) is 13.7 Å². The SMILES string of the molecule is COc1c(C#N)c2c(C(=O)O)c3cccc(c13)CCS(=O)(=O)O2. The molecule has 8 heteroatoms. The fourth-order valence-corrected chi connectivity index (χ4v) is 3.74. The van der Waals surface area contributed by atoms with Gasteiger partial charge in [0, 0.05) is 10.8 Å². The van der Waals surface area contributed by atoms with Gasteiger partial charge in [0.25, 0.3) is 0 Å². The van der Waals surface area contributed by atoms with Gasteiger partial charge >= 0.3 is 16.1 Å². The first kappa shape index (κ1) is 15.1. The topological polar surface area (TPSA) is 114 Å². The second kappa shape index (κ2) is 5.14. The number of rotatable bonds is 2. The summed E-state index contributed by atoms with van der Waals surface area (Å²) in [4.78, 5) is 11.7. The minimum absolute atomic E-state index is 0.121. The number of carboxylic acid groups (broad SMARTS) is 1. The second-order valence-corrected chi connectivity index (χ2v) is 6.65. The monoisotopic (exact) mass is 333 g/mol. The normalized spacial score (nSPS) is 15.3. The zero-order valence-electron chi connectivity index (χ0n) is 12.0. The molecule has 23 heavy (non-hydrogen) atoms. The highest BCUT2D eigenvalue weighted by Gasteiger charge is 2.31. The number of aromatic carboxylic acids is 1. The molecule has 2 aromatic rings. The first-order valence-electron chi connectivity index (χ1n) is 6.60. The van der Waals surface area contributed by atoms with Crippen molar-refractivity contribution in [2.45, 2.75) is 6.42 Å². The van der Waals surface area contributed by atoms with Gasteiger partial charge in [0.2, 0.25) is 0 Å². The molecule has 2 heterocycles. The minimum atomic E-state index is -4.04. The van der Waals surface area contributed by atoms with Crippen molar-refractivity contribution in [1.29, 1.82) is 5.26 Å². The van der Waals surface area contributed by atoms with Crippen LogP contribution in [0.1, 0.15) is 21.5 Å². The molecule has 0 aromatic heterocycles. The van der Waals surface area contributed by atoms with Crippen LogP contribution < -0.4 is 8.92 Å². The Morgan fingerprint density at radius 3 is 2.78 bits per heavy atom. The van der Waals surface area contributed by atoms with Gasteiger partial charge in [-0.3, -0.25) is 0 Å². The van der Waals surface area contributed by atoms with Gasteiger partial charge in [-0.05, 0) is 12.0 Å². The van der Waals surface area contributed by atoms with Crippen LogP contribution in [-0.2, 0) is 16.5 Å². The van der Waals surface area contributed by atoms with Gasteiger partial charge in [0.1, 0.15) is 22.9 Å². The predicted octanol–water partition coefficient (Wildman–Crippen LogP) is 1.68. The molecule has 1 N–H and O–H groups in total. The lowest BCUT2D eigenvalue weighted by atomic mass is 9.94. The highest BCUT2D eigenvalue weighted by Crippen LogP contribution is 2.43. The van der Waals surface area contributed by atoms with Gasteiger partial charge in [-0.15, -0.1) is 0 Å². The Kier molecular flexibility index (Phi) is 3.38. The summed E-state index contributed by atoms with van der Waals surface area (Å²) in [6.45, 7) is 0. The van der Waals surface area contributed by atoms with Crippen LogP contribution in [0.2, 0.25) is 0 Å². The van der Waals surface area contributed by atoms with E-state index in [1.807, 2.05) is 0 Å². The Labute approximate surface area is 131 Å². The first-order chi connectivity index (χ1) is 10.9. The number of ether oxygens (including phenoxy) is 1. The molecule has 0 spiro atoms. The van der Waals surface area contributed by atoms with Crippen LogP contribution >= 0.6 is 0 Å². The number of hydrogen-bond donors (Lipinski definition) is 1. The summed E-state index contributed by atoms with van der Waals surface area (Å²) >= 11 is 0. The van der Waals surface area contributed by atoms with Crippen LogP contribution in [0.5, 0.6) is 11.5 Å². The van der Waals surface area contributed by atoms with E-state index in [1.54, 1.807) is 18.2 Å². The van der Waals surface area contributed by atoms with E-state index in [9.17, 15) is 23.6 Å². The van der Waals surface area contributed by atoms with E-state index < -0.39 is 21.8 Å². The molecule has 0 fully saturated rings. The van der Waals surface area contributed by atoms with Crippen molar-refractivity contribution in [1.82, 2.24) is 0 Å². The maximum atomic E-state index is 12.1. The molecule has 4 bridgehead atoms. The highest BCUT2D eigenvalue weighted by molar-refractivity contribution is 7.87. The number of methoxy groups -OCH3 is 1. The molecule has 2 aromatic carbocycles. The summed E-state index contributed by atoms with van der Waals surface area (Å²) in [6.07, 6.45) is 0.122. The number of benzene rings is 2. The van der Waals surface area contributed by atoms with E-state index in [1.165, 1.54) is 13.2 Å². The number of hydrogen-bond acceptors (Lipinski definition) is 6. The third-order valence-electron chi connectivity index (χ3n) is 3.69. The van der Waals surface area contributed by atoms with Gasteiger partial charge in [0.15, 0.2) is 5.75 Å². The second-order valence-electron chi connectivity index (χ2n) is 4.96. The third kappa shape index (κ3) is 2.26. The largest absolute Gasteiger partial charge is 0.495 e. The highest BCUT2D eigenvalue weighted by atomic mass is 32.2. The number of carbonyl (C=O) groups is 1. The maximum Gasteiger partial charge on any atom is 0.340 e. The zero-order valence-corrected chi connectivity index (χ0v) is 12.8. The smallest absolute Gasteiger partial charge is 0.340 e. The molecular formula is C15H11NO6S. The fraction of sp³-hybridized carbons (Fsp3) is 0.200. The molecular weight excluding hydrogens is 322 g/mol. The van der Waals surface area contributed by atoms with Crippen molar-refractivity contribution >= 4 is 26.9 Å². The number of carboxylic acids is 1. The van der Waals surface area contributed by atoms with Crippen LogP contribution in [0.4, 0.5) is 0 Å². The maximum absolute atomic E-state index is 12.1. The molecule has 0 saturated carbocycles. The van der Waals surface area contributed by atoms with Crippen LogP contribution in [0.3, 0.4) is 0 Å². The molecule has 4 rings (SSSR count). The lowest BCUT2D eigenvalue weighted by molar-refractivity contribution is 0.0697. The summed E-state index contributed by atoms with van der Waals surface area (Å²) in [6, 6.07) is 6.66. The molecule has 7 nitrogen and oxygen atoms in total. The van der Waals surface area contributed by atoms with E-state index in [2.05, 4.69) is 0 Å². The summed E-state index contributed by atoms with van der Waals surface area (Å²) in [5.41, 5.74) is -0.0148. The molecule has 2 aliphatic rings. The molecule has 0 radical (unpaired) electrons. The summed E-state index contributed by atoms with van der Waals surface area (Å²) in [5.74, 6) is -2.08. The number of nitrogens with zero attached hydrogens (tertiary/aromatic N) is 1. The molecule has 0 saturated heterocycles. The first-order valence-corrected chi connectivity index (χ1v) is 8.18. The van der Waals surface area contributed by atoms with E-state index in [-0.39, 0.29) is 34.4 Å². The average molecular weight is 333 g/mol. The van der Waals surface area contributed by atoms with Crippen LogP contribution in [-0.4, -0.2) is 32.4 Å². The standard InChI is InChI=1S/C15H11NO6S/c1-21-13-10(7-16)14-12(15(17)18)9-4-2-3-8(11(9)13)5-6-23(19,20)22-14/h2-4H,5-6H2,1H3,(H,17,18). The van der Waals surface area contributed by atoms with Gasteiger partial charge < -0.3 is 14.0 Å². The number of nitriles is 1. The Bertz CT molecular complexity index is 987. The van der Waals surface area contributed by atoms with E-state index in [4.69, 9.17) is 8.92 Å². The summed E-state index contributed by atoms with van der Waals surface area (Å²) < 4.78 is 34.4. The summed E-state index contributed by atoms with van der Waals surface area (Å²) in [7, 11) is -2.70.